The van der Waals surface area contributed by atoms with Gasteiger partial charge < -0.3 is 5.32 Å². The molecule has 0 aliphatic carbocycles. The van der Waals surface area contributed by atoms with Crippen LogP contribution in [0.3, 0.4) is 0 Å². The summed E-state index contributed by atoms with van der Waals surface area (Å²) in [6.07, 6.45) is 4.38. The lowest BCUT2D eigenvalue weighted by molar-refractivity contribution is 0.840. The molecule has 0 amide bonds. The van der Waals surface area contributed by atoms with Gasteiger partial charge in [0.15, 0.2) is 5.82 Å². The number of rotatable bonds is 6. The van der Waals surface area contributed by atoms with E-state index in [1.54, 1.807) is 23.7 Å². The summed E-state index contributed by atoms with van der Waals surface area (Å²) in [6, 6.07) is 5.85. The minimum Gasteiger partial charge on any atom is -0.364 e. The number of nitrogens with one attached hydrogen (secondary N) is 1. The summed E-state index contributed by atoms with van der Waals surface area (Å²) in [6.45, 7) is 7.08. The summed E-state index contributed by atoms with van der Waals surface area (Å²) < 4.78 is 0. The van der Waals surface area contributed by atoms with Crippen molar-refractivity contribution in [3.05, 3.63) is 52.4 Å². The molecule has 0 saturated heterocycles. The summed E-state index contributed by atoms with van der Waals surface area (Å²) in [4.78, 5) is 17.9. The fourth-order valence-corrected chi connectivity index (χ4v) is 3.08. The van der Waals surface area contributed by atoms with Crippen LogP contribution in [-0.2, 0) is 13.0 Å². The maximum Gasteiger partial charge on any atom is 0.161 e. The van der Waals surface area contributed by atoms with E-state index in [4.69, 9.17) is 0 Å². The van der Waals surface area contributed by atoms with Crippen LogP contribution in [0.25, 0.3) is 11.4 Å². The molecule has 3 aromatic heterocycles. The molecule has 0 saturated carbocycles. The SMILES string of the molecule is CCc1cc(NCc2csc(C(C)C)n2)nc(-c2ccncc2)n1. The first-order valence-electron chi connectivity index (χ1n) is 8.12. The molecule has 5 nitrogen and oxygen atoms in total. The van der Waals surface area contributed by atoms with Gasteiger partial charge in [0.2, 0.25) is 0 Å². The van der Waals surface area contributed by atoms with E-state index >= 15 is 0 Å². The molecule has 0 atom stereocenters. The minimum absolute atomic E-state index is 0.466. The fraction of sp³-hybridized carbons (Fsp3) is 0.333. The van der Waals surface area contributed by atoms with Crippen molar-refractivity contribution in [3.8, 4) is 11.4 Å². The molecule has 3 heterocycles. The lowest BCUT2D eigenvalue weighted by Crippen LogP contribution is -2.05. The Kier molecular flexibility index (Phi) is 5.15. The van der Waals surface area contributed by atoms with E-state index in [0.29, 0.717) is 12.5 Å². The zero-order chi connectivity index (χ0) is 16.9. The van der Waals surface area contributed by atoms with Gasteiger partial charge >= 0.3 is 0 Å². The Morgan fingerprint density at radius 1 is 1.08 bits per heavy atom. The molecule has 0 aliphatic heterocycles. The maximum atomic E-state index is 4.65. The topological polar surface area (TPSA) is 63.6 Å². The highest BCUT2D eigenvalue weighted by molar-refractivity contribution is 7.09. The summed E-state index contributed by atoms with van der Waals surface area (Å²) in [7, 11) is 0. The Morgan fingerprint density at radius 3 is 2.54 bits per heavy atom. The summed E-state index contributed by atoms with van der Waals surface area (Å²) in [5.41, 5.74) is 3.03. The van der Waals surface area contributed by atoms with Gasteiger partial charge in [-0.1, -0.05) is 20.8 Å². The van der Waals surface area contributed by atoms with Crippen molar-refractivity contribution in [2.45, 2.75) is 39.7 Å². The smallest absolute Gasteiger partial charge is 0.161 e. The van der Waals surface area contributed by atoms with Gasteiger partial charge in [0.1, 0.15) is 5.82 Å². The van der Waals surface area contributed by atoms with Crippen LogP contribution in [0.5, 0.6) is 0 Å². The molecule has 1 N–H and O–H groups in total. The third kappa shape index (κ3) is 3.94. The second kappa shape index (κ2) is 7.49. The molecular weight excluding hydrogens is 318 g/mol. The van der Waals surface area contributed by atoms with Gasteiger partial charge in [0.25, 0.3) is 0 Å². The fourth-order valence-electron chi connectivity index (χ4n) is 2.25. The average molecular weight is 339 g/mol. The number of aryl methyl sites for hydroxylation is 1. The lowest BCUT2D eigenvalue weighted by Gasteiger charge is -2.08. The van der Waals surface area contributed by atoms with Crippen molar-refractivity contribution in [1.82, 2.24) is 19.9 Å². The molecule has 0 fully saturated rings. The highest BCUT2D eigenvalue weighted by atomic mass is 32.1. The summed E-state index contributed by atoms with van der Waals surface area (Å²) >= 11 is 1.71. The third-order valence-electron chi connectivity index (χ3n) is 3.59. The largest absolute Gasteiger partial charge is 0.364 e. The predicted octanol–water partition coefficient (Wildman–Crippen LogP) is 4.29. The molecule has 0 spiro atoms. The first kappa shape index (κ1) is 16.5. The lowest BCUT2D eigenvalue weighted by atomic mass is 10.2. The Morgan fingerprint density at radius 2 is 1.88 bits per heavy atom. The monoisotopic (exact) mass is 339 g/mol. The van der Waals surface area contributed by atoms with Gasteiger partial charge in [-0.3, -0.25) is 4.98 Å². The maximum absolute atomic E-state index is 4.65. The second-order valence-corrected chi connectivity index (χ2v) is 6.73. The zero-order valence-corrected chi connectivity index (χ0v) is 15.0. The van der Waals surface area contributed by atoms with E-state index in [0.717, 1.165) is 35.0 Å². The van der Waals surface area contributed by atoms with Crippen molar-refractivity contribution in [3.63, 3.8) is 0 Å². The Hall–Kier alpha value is -2.34. The number of hydrogen-bond donors (Lipinski definition) is 1. The zero-order valence-electron chi connectivity index (χ0n) is 14.2. The first-order chi connectivity index (χ1) is 11.7. The Labute approximate surface area is 146 Å². The van der Waals surface area contributed by atoms with Crippen LogP contribution in [0, 0.1) is 0 Å². The van der Waals surface area contributed by atoms with E-state index in [1.807, 2.05) is 18.2 Å². The van der Waals surface area contributed by atoms with Crippen LogP contribution < -0.4 is 5.32 Å². The number of nitrogens with zero attached hydrogens (tertiary/aromatic N) is 4. The van der Waals surface area contributed by atoms with E-state index in [1.165, 1.54) is 5.01 Å². The van der Waals surface area contributed by atoms with Gasteiger partial charge in [0.05, 0.1) is 17.2 Å². The number of pyridine rings is 1. The molecule has 24 heavy (non-hydrogen) atoms. The molecule has 124 valence electrons. The van der Waals surface area contributed by atoms with Crippen LogP contribution >= 0.6 is 11.3 Å². The van der Waals surface area contributed by atoms with Gasteiger partial charge in [-0.05, 0) is 18.6 Å². The summed E-state index contributed by atoms with van der Waals surface area (Å²) in [5, 5.41) is 6.65. The van der Waals surface area contributed by atoms with E-state index in [9.17, 15) is 0 Å². The van der Waals surface area contributed by atoms with Gasteiger partial charge in [-0.25, -0.2) is 15.0 Å². The van der Waals surface area contributed by atoms with Gasteiger partial charge in [0, 0.05) is 41.0 Å². The molecule has 0 bridgehead atoms. The van der Waals surface area contributed by atoms with E-state index in [2.05, 4.69) is 51.4 Å². The minimum atomic E-state index is 0.466. The molecular formula is C18H21N5S. The first-order valence-corrected chi connectivity index (χ1v) is 9.00. The van der Waals surface area contributed by atoms with Crippen LogP contribution in [0.4, 0.5) is 5.82 Å². The highest BCUT2D eigenvalue weighted by Crippen LogP contribution is 2.21. The van der Waals surface area contributed by atoms with Crippen LogP contribution in [0.1, 0.15) is 43.1 Å². The number of anilines is 1. The molecule has 0 radical (unpaired) electrons. The number of thiazole rings is 1. The molecule has 0 unspecified atom stereocenters. The van der Waals surface area contributed by atoms with Crippen molar-refractivity contribution in [2.75, 3.05) is 5.32 Å². The van der Waals surface area contributed by atoms with Gasteiger partial charge in [-0.15, -0.1) is 11.3 Å². The highest BCUT2D eigenvalue weighted by Gasteiger charge is 2.08. The van der Waals surface area contributed by atoms with Crippen molar-refractivity contribution in [1.29, 1.82) is 0 Å². The summed E-state index contributed by atoms with van der Waals surface area (Å²) in [5.74, 6) is 2.01. The Bertz CT molecular complexity index is 798. The molecule has 3 rings (SSSR count). The average Bonchev–Trinajstić information content (AvgIpc) is 3.10. The number of hydrogen-bond acceptors (Lipinski definition) is 6. The quantitative estimate of drug-likeness (QED) is 0.725. The molecule has 0 aliphatic rings. The van der Waals surface area contributed by atoms with Gasteiger partial charge in [-0.2, -0.15) is 0 Å². The van der Waals surface area contributed by atoms with Crippen LogP contribution in [-0.4, -0.2) is 19.9 Å². The molecule has 0 aromatic carbocycles. The molecule has 6 heteroatoms. The Balaban J connectivity index is 1.79. The van der Waals surface area contributed by atoms with Crippen LogP contribution in [0.15, 0.2) is 36.0 Å². The van der Waals surface area contributed by atoms with Crippen molar-refractivity contribution < 1.29 is 0 Å². The normalized spacial score (nSPS) is 11.0. The van der Waals surface area contributed by atoms with Crippen molar-refractivity contribution >= 4 is 17.2 Å². The third-order valence-corrected chi connectivity index (χ3v) is 4.79. The van der Waals surface area contributed by atoms with E-state index in [-0.39, 0.29) is 0 Å². The van der Waals surface area contributed by atoms with E-state index < -0.39 is 0 Å². The standard InChI is InChI=1S/C18H21N5S/c1-4-14-9-16(20-10-15-11-24-18(22-15)12(2)3)23-17(21-14)13-5-7-19-8-6-13/h5-9,11-12H,4,10H2,1-3H3,(H,20,21,23). The predicted molar refractivity (Wildman–Crippen MR) is 98.2 cm³/mol. The van der Waals surface area contributed by atoms with Crippen LogP contribution in [0.2, 0.25) is 0 Å². The van der Waals surface area contributed by atoms with Crippen molar-refractivity contribution in [2.24, 2.45) is 0 Å². The number of aromatic nitrogens is 4. The second-order valence-electron chi connectivity index (χ2n) is 5.84. The molecule has 3 aromatic rings.